The molecular formula is C12H16O3. The Morgan fingerprint density at radius 1 is 1.33 bits per heavy atom. The first kappa shape index (κ1) is 9.55. The van der Waals surface area contributed by atoms with Crippen molar-refractivity contribution in [1.29, 1.82) is 0 Å². The van der Waals surface area contributed by atoms with E-state index in [0.717, 1.165) is 19.3 Å². The van der Waals surface area contributed by atoms with Gasteiger partial charge in [-0.25, -0.2) is 0 Å². The third-order valence-corrected chi connectivity index (χ3v) is 4.23. The molecule has 0 aromatic rings. The fourth-order valence-corrected chi connectivity index (χ4v) is 3.04. The molecule has 0 unspecified atom stereocenters. The van der Waals surface area contributed by atoms with Gasteiger partial charge in [0.15, 0.2) is 11.6 Å². The van der Waals surface area contributed by atoms with E-state index in [0.29, 0.717) is 19.1 Å². The Balaban J connectivity index is 1.85. The summed E-state index contributed by atoms with van der Waals surface area (Å²) < 4.78 is 11.4. The van der Waals surface area contributed by atoms with Crippen LogP contribution in [0.1, 0.15) is 26.2 Å². The molecular weight excluding hydrogens is 192 g/mol. The van der Waals surface area contributed by atoms with Crippen molar-refractivity contribution in [1.82, 2.24) is 0 Å². The maximum atomic E-state index is 11.8. The molecule has 3 rings (SSSR count). The molecule has 1 saturated heterocycles. The van der Waals surface area contributed by atoms with E-state index in [9.17, 15) is 4.79 Å². The molecule has 2 atom stereocenters. The van der Waals surface area contributed by atoms with Crippen molar-refractivity contribution in [3.63, 3.8) is 0 Å². The number of rotatable bonds is 0. The topological polar surface area (TPSA) is 35.5 Å². The molecule has 15 heavy (non-hydrogen) atoms. The van der Waals surface area contributed by atoms with Gasteiger partial charge in [-0.1, -0.05) is 13.0 Å². The number of ketones is 1. The molecule has 1 heterocycles. The van der Waals surface area contributed by atoms with E-state index in [4.69, 9.17) is 9.47 Å². The minimum Gasteiger partial charge on any atom is -0.348 e. The van der Waals surface area contributed by atoms with Gasteiger partial charge in [-0.15, -0.1) is 0 Å². The smallest absolute Gasteiger partial charge is 0.169 e. The number of allylic oxidation sites excluding steroid dienone is 2. The van der Waals surface area contributed by atoms with Crippen LogP contribution in [0.2, 0.25) is 0 Å². The molecule has 82 valence electrons. The summed E-state index contributed by atoms with van der Waals surface area (Å²) in [4.78, 5) is 11.8. The number of hydrogen-bond acceptors (Lipinski definition) is 3. The molecule has 1 saturated carbocycles. The molecule has 2 fully saturated rings. The Labute approximate surface area is 89.4 Å². The normalized spacial score (nSPS) is 42.5. The highest BCUT2D eigenvalue weighted by molar-refractivity contribution is 5.97. The lowest BCUT2D eigenvalue weighted by molar-refractivity contribution is -0.198. The molecule has 2 aliphatic carbocycles. The summed E-state index contributed by atoms with van der Waals surface area (Å²) in [5.74, 6) is 0.205. The fraction of sp³-hybridized carbons (Fsp3) is 0.750. The molecule has 3 heteroatoms. The summed E-state index contributed by atoms with van der Waals surface area (Å²) in [5.41, 5.74) is -0.180. The van der Waals surface area contributed by atoms with Crippen LogP contribution in [0.3, 0.4) is 0 Å². The average molecular weight is 208 g/mol. The van der Waals surface area contributed by atoms with Crippen LogP contribution in [0.25, 0.3) is 0 Å². The second-order valence-corrected chi connectivity index (χ2v) is 5.06. The van der Waals surface area contributed by atoms with Gasteiger partial charge in [-0.05, 0) is 18.4 Å². The van der Waals surface area contributed by atoms with Gasteiger partial charge in [0.2, 0.25) is 0 Å². The standard InChI is InChI=1S/C12H16O3/c1-11-4-5-12(14-6-7-15-12)8-9(11)2-3-10(11)13/h2-3,9H,4-8H2,1H3/t9-,11+/m0/s1. The summed E-state index contributed by atoms with van der Waals surface area (Å²) >= 11 is 0. The summed E-state index contributed by atoms with van der Waals surface area (Å²) in [7, 11) is 0. The van der Waals surface area contributed by atoms with Crippen LogP contribution in [0.5, 0.6) is 0 Å². The van der Waals surface area contributed by atoms with Gasteiger partial charge >= 0.3 is 0 Å². The van der Waals surface area contributed by atoms with Gasteiger partial charge < -0.3 is 9.47 Å². The van der Waals surface area contributed by atoms with Crippen molar-refractivity contribution in [3.8, 4) is 0 Å². The van der Waals surface area contributed by atoms with Crippen LogP contribution in [0.15, 0.2) is 12.2 Å². The van der Waals surface area contributed by atoms with Crippen LogP contribution in [0, 0.1) is 11.3 Å². The molecule has 1 aliphatic heterocycles. The average Bonchev–Trinajstić information content (AvgIpc) is 2.78. The first-order chi connectivity index (χ1) is 7.15. The van der Waals surface area contributed by atoms with E-state index >= 15 is 0 Å². The SMILES string of the molecule is C[C@@]12CCC3(C[C@@H]1C=CC2=O)OCCO3. The summed E-state index contributed by atoms with van der Waals surface area (Å²) in [5, 5.41) is 0. The second kappa shape index (κ2) is 2.92. The fourth-order valence-electron chi connectivity index (χ4n) is 3.04. The molecule has 0 N–H and O–H groups in total. The van der Waals surface area contributed by atoms with Crippen molar-refractivity contribution >= 4 is 5.78 Å². The van der Waals surface area contributed by atoms with Crippen LogP contribution in [-0.2, 0) is 14.3 Å². The highest BCUT2D eigenvalue weighted by atomic mass is 16.7. The van der Waals surface area contributed by atoms with Crippen LogP contribution in [-0.4, -0.2) is 24.8 Å². The van der Waals surface area contributed by atoms with Crippen molar-refractivity contribution in [2.75, 3.05) is 13.2 Å². The number of fused-ring (bicyclic) bond motifs is 1. The monoisotopic (exact) mass is 208 g/mol. The van der Waals surface area contributed by atoms with Crippen molar-refractivity contribution in [2.45, 2.75) is 32.0 Å². The van der Waals surface area contributed by atoms with Crippen molar-refractivity contribution in [2.24, 2.45) is 11.3 Å². The Hall–Kier alpha value is -0.670. The van der Waals surface area contributed by atoms with Gasteiger partial charge in [0.05, 0.1) is 13.2 Å². The van der Waals surface area contributed by atoms with Gasteiger partial charge in [-0.2, -0.15) is 0 Å². The van der Waals surface area contributed by atoms with E-state index in [1.807, 2.05) is 6.08 Å². The Kier molecular flexibility index (Phi) is 1.86. The van der Waals surface area contributed by atoms with Gasteiger partial charge in [-0.3, -0.25) is 4.79 Å². The van der Waals surface area contributed by atoms with E-state index in [2.05, 4.69) is 6.92 Å². The lowest BCUT2D eigenvalue weighted by Crippen LogP contribution is -2.45. The minimum atomic E-state index is -0.376. The van der Waals surface area contributed by atoms with Crippen LogP contribution in [0.4, 0.5) is 0 Å². The highest BCUT2D eigenvalue weighted by Crippen LogP contribution is 2.51. The van der Waals surface area contributed by atoms with Crippen molar-refractivity contribution < 1.29 is 14.3 Å². The Morgan fingerprint density at radius 2 is 2.07 bits per heavy atom. The zero-order chi connectivity index (χ0) is 10.5. The highest BCUT2D eigenvalue weighted by Gasteiger charge is 2.53. The third kappa shape index (κ3) is 1.23. The number of hydrogen-bond donors (Lipinski definition) is 0. The maximum absolute atomic E-state index is 11.8. The first-order valence-corrected chi connectivity index (χ1v) is 5.65. The number of ether oxygens (including phenoxy) is 2. The zero-order valence-electron chi connectivity index (χ0n) is 8.99. The summed E-state index contributed by atoms with van der Waals surface area (Å²) in [6.07, 6.45) is 6.34. The largest absolute Gasteiger partial charge is 0.348 e. The molecule has 1 spiro atoms. The summed E-state index contributed by atoms with van der Waals surface area (Å²) in [6, 6.07) is 0. The molecule has 3 aliphatic rings. The van der Waals surface area contributed by atoms with Gasteiger partial charge in [0, 0.05) is 18.3 Å². The lowest BCUT2D eigenvalue weighted by atomic mass is 9.66. The van der Waals surface area contributed by atoms with E-state index in [1.54, 1.807) is 6.08 Å². The first-order valence-electron chi connectivity index (χ1n) is 5.65. The van der Waals surface area contributed by atoms with Gasteiger partial charge in [0.1, 0.15) is 0 Å². The predicted molar refractivity (Wildman–Crippen MR) is 54.2 cm³/mol. The van der Waals surface area contributed by atoms with E-state index in [-0.39, 0.29) is 17.0 Å². The zero-order valence-corrected chi connectivity index (χ0v) is 8.99. The lowest BCUT2D eigenvalue weighted by Gasteiger charge is -2.43. The second-order valence-electron chi connectivity index (χ2n) is 5.06. The molecule has 0 bridgehead atoms. The molecule has 0 aromatic carbocycles. The molecule has 3 nitrogen and oxygen atoms in total. The van der Waals surface area contributed by atoms with Crippen LogP contribution < -0.4 is 0 Å². The van der Waals surface area contributed by atoms with E-state index in [1.165, 1.54) is 0 Å². The number of carbonyl (C=O) groups excluding carboxylic acids is 1. The Morgan fingerprint density at radius 3 is 2.80 bits per heavy atom. The number of carbonyl (C=O) groups is 1. The Bertz CT molecular complexity index is 328. The minimum absolute atomic E-state index is 0.180. The molecule has 0 radical (unpaired) electrons. The van der Waals surface area contributed by atoms with Crippen molar-refractivity contribution in [3.05, 3.63) is 12.2 Å². The van der Waals surface area contributed by atoms with Gasteiger partial charge in [0.25, 0.3) is 0 Å². The third-order valence-electron chi connectivity index (χ3n) is 4.23. The quantitative estimate of drug-likeness (QED) is 0.607. The summed E-state index contributed by atoms with van der Waals surface area (Å²) in [6.45, 7) is 3.46. The predicted octanol–water partition coefficient (Wildman–Crippen LogP) is 1.67. The molecule has 0 amide bonds. The maximum Gasteiger partial charge on any atom is 0.169 e. The van der Waals surface area contributed by atoms with Crippen LogP contribution >= 0.6 is 0 Å². The molecule has 0 aromatic heterocycles. The van der Waals surface area contributed by atoms with E-state index < -0.39 is 0 Å².